The maximum absolute atomic E-state index is 11.9. The van der Waals surface area contributed by atoms with Crippen LogP contribution in [0.1, 0.15) is 58.2 Å². The fraction of sp³-hybridized carbons (Fsp3) is 0.733. The number of aromatic nitrogens is 2. The van der Waals surface area contributed by atoms with Gasteiger partial charge in [-0.1, -0.05) is 25.9 Å². The number of carboxylic acids is 1. The van der Waals surface area contributed by atoms with Gasteiger partial charge in [-0.15, -0.1) is 0 Å². The zero-order valence-electron chi connectivity index (χ0n) is 13.8. The molecule has 0 aliphatic rings. The topological polar surface area (TPSA) is 96.5 Å². The lowest BCUT2D eigenvalue weighted by Gasteiger charge is -2.16. The van der Waals surface area contributed by atoms with Gasteiger partial charge in [-0.05, 0) is 12.8 Å². The van der Waals surface area contributed by atoms with E-state index in [1.54, 1.807) is 11.9 Å². The number of carbonyl (C=O) groups excluding carboxylic acids is 1. The number of hydrogen-bond donors (Lipinski definition) is 1. The molecule has 0 unspecified atom stereocenters. The van der Waals surface area contributed by atoms with Crippen LogP contribution in [0.25, 0.3) is 0 Å². The van der Waals surface area contributed by atoms with Gasteiger partial charge in [0.25, 0.3) is 0 Å². The van der Waals surface area contributed by atoms with Crippen LogP contribution >= 0.6 is 0 Å². The van der Waals surface area contributed by atoms with Crippen molar-refractivity contribution in [2.24, 2.45) is 0 Å². The molecular weight excluding hydrogens is 286 g/mol. The minimum atomic E-state index is -0.841. The maximum Gasteiger partial charge on any atom is 0.303 e. The molecule has 0 aliphatic carbocycles. The summed E-state index contributed by atoms with van der Waals surface area (Å²) in [7, 11) is 1.69. The highest BCUT2D eigenvalue weighted by Gasteiger charge is 2.20. The molecule has 0 atom stereocenters. The third-order valence-corrected chi connectivity index (χ3v) is 3.23. The van der Waals surface area contributed by atoms with E-state index in [-0.39, 0.29) is 17.7 Å². The molecule has 0 fully saturated rings. The van der Waals surface area contributed by atoms with Crippen molar-refractivity contribution in [1.82, 2.24) is 15.0 Å². The second kappa shape index (κ2) is 7.91. The summed E-state index contributed by atoms with van der Waals surface area (Å²) in [5.41, 5.74) is -0.151. The third-order valence-electron chi connectivity index (χ3n) is 3.23. The summed E-state index contributed by atoms with van der Waals surface area (Å²) in [5.74, 6) is 0.374. The number of aliphatic carboxylic acids is 1. The van der Waals surface area contributed by atoms with Gasteiger partial charge in [-0.2, -0.15) is 4.98 Å². The fourth-order valence-electron chi connectivity index (χ4n) is 1.83. The predicted octanol–water partition coefficient (Wildman–Crippen LogP) is 2.01. The Bertz CT molecular complexity index is 505. The standard InChI is InChI=1S/C15H25N3O4/c1-15(2,3)14-16-11(22-17-14)7-5-8-12(19)18(4)10-6-9-13(20)21/h5-10H2,1-4H3,(H,20,21). The number of carboxylic acid groups (broad SMARTS) is 1. The molecule has 0 bridgehead atoms. The average molecular weight is 311 g/mol. The highest BCUT2D eigenvalue weighted by molar-refractivity contribution is 5.75. The van der Waals surface area contributed by atoms with Crippen LogP contribution in [0.4, 0.5) is 0 Å². The zero-order chi connectivity index (χ0) is 16.8. The van der Waals surface area contributed by atoms with Gasteiger partial charge < -0.3 is 14.5 Å². The lowest BCUT2D eigenvalue weighted by atomic mass is 9.96. The van der Waals surface area contributed by atoms with Gasteiger partial charge in [0, 0.05) is 38.3 Å². The molecule has 1 aromatic heterocycles. The number of aryl methyl sites for hydroxylation is 1. The van der Waals surface area contributed by atoms with Crippen LogP contribution in [0.3, 0.4) is 0 Å². The van der Waals surface area contributed by atoms with E-state index in [9.17, 15) is 9.59 Å². The van der Waals surface area contributed by atoms with Crippen molar-refractivity contribution >= 4 is 11.9 Å². The summed E-state index contributed by atoms with van der Waals surface area (Å²) in [6.45, 7) is 6.49. The fourth-order valence-corrected chi connectivity index (χ4v) is 1.83. The Morgan fingerprint density at radius 2 is 1.91 bits per heavy atom. The first kappa shape index (κ1) is 18.1. The van der Waals surface area contributed by atoms with Crippen molar-refractivity contribution in [3.63, 3.8) is 0 Å². The molecule has 22 heavy (non-hydrogen) atoms. The van der Waals surface area contributed by atoms with Crippen molar-refractivity contribution in [1.29, 1.82) is 0 Å². The summed E-state index contributed by atoms with van der Waals surface area (Å²) in [5, 5.41) is 12.5. The first-order chi connectivity index (χ1) is 10.2. The monoisotopic (exact) mass is 311 g/mol. The average Bonchev–Trinajstić information content (AvgIpc) is 2.86. The molecule has 0 spiro atoms. The third kappa shape index (κ3) is 6.24. The number of hydrogen-bond acceptors (Lipinski definition) is 5. The summed E-state index contributed by atoms with van der Waals surface area (Å²) in [6.07, 6.45) is 2.13. The molecule has 1 aromatic rings. The summed E-state index contributed by atoms with van der Waals surface area (Å²) in [4.78, 5) is 28.2. The number of nitrogens with zero attached hydrogens (tertiary/aromatic N) is 3. The van der Waals surface area contributed by atoms with E-state index < -0.39 is 5.97 Å². The second-order valence-electron chi connectivity index (χ2n) is 6.43. The highest BCUT2D eigenvalue weighted by atomic mass is 16.5. The minimum absolute atomic E-state index is 0.000879. The van der Waals surface area contributed by atoms with Crippen LogP contribution in [0.2, 0.25) is 0 Å². The molecule has 1 rings (SSSR count). The smallest absolute Gasteiger partial charge is 0.303 e. The molecule has 124 valence electrons. The van der Waals surface area contributed by atoms with Gasteiger partial charge in [0.15, 0.2) is 5.82 Å². The Labute approximate surface area is 130 Å². The molecule has 7 nitrogen and oxygen atoms in total. The molecule has 1 N–H and O–H groups in total. The van der Waals surface area contributed by atoms with Gasteiger partial charge in [0.1, 0.15) is 0 Å². The Kier molecular flexibility index (Phi) is 6.52. The predicted molar refractivity (Wildman–Crippen MR) is 80.4 cm³/mol. The van der Waals surface area contributed by atoms with Crippen LogP contribution in [-0.2, 0) is 21.4 Å². The molecule has 0 radical (unpaired) electrons. The Balaban J connectivity index is 2.30. The Morgan fingerprint density at radius 3 is 2.45 bits per heavy atom. The lowest BCUT2D eigenvalue weighted by molar-refractivity contribution is -0.138. The van der Waals surface area contributed by atoms with Gasteiger partial charge in [0.2, 0.25) is 11.8 Å². The quantitative estimate of drug-likeness (QED) is 0.789. The molecule has 7 heteroatoms. The number of carbonyl (C=O) groups is 2. The SMILES string of the molecule is CN(CCCC(=O)O)C(=O)CCCc1nc(C(C)(C)C)no1. The molecule has 1 heterocycles. The maximum atomic E-state index is 11.9. The molecule has 1 amide bonds. The molecule has 0 saturated heterocycles. The van der Waals surface area contributed by atoms with Crippen LogP contribution in [0.15, 0.2) is 4.52 Å². The van der Waals surface area contributed by atoms with Gasteiger partial charge >= 0.3 is 5.97 Å². The van der Waals surface area contributed by atoms with Crippen LogP contribution < -0.4 is 0 Å². The summed E-state index contributed by atoms with van der Waals surface area (Å²) < 4.78 is 5.17. The van der Waals surface area contributed by atoms with E-state index >= 15 is 0 Å². The zero-order valence-corrected chi connectivity index (χ0v) is 13.8. The lowest BCUT2D eigenvalue weighted by Crippen LogP contribution is -2.27. The van der Waals surface area contributed by atoms with Gasteiger partial charge in [-0.25, -0.2) is 0 Å². The van der Waals surface area contributed by atoms with E-state index in [2.05, 4.69) is 10.1 Å². The van der Waals surface area contributed by atoms with Crippen molar-refractivity contribution in [3.05, 3.63) is 11.7 Å². The van der Waals surface area contributed by atoms with Crippen molar-refractivity contribution in [2.75, 3.05) is 13.6 Å². The van der Waals surface area contributed by atoms with E-state index in [4.69, 9.17) is 9.63 Å². The van der Waals surface area contributed by atoms with E-state index in [0.717, 1.165) is 0 Å². The second-order valence-corrected chi connectivity index (χ2v) is 6.43. The number of rotatable bonds is 8. The Hall–Kier alpha value is -1.92. The largest absolute Gasteiger partial charge is 0.481 e. The first-order valence-corrected chi connectivity index (χ1v) is 7.49. The normalized spacial score (nSPS) is 11.5. The van der Waals surface area contributed by atoms with Gasteiger partial charge in [-0.3, -0.25) is 9.59 Å². The Morgan fingerprint density at radius 1 is 1.23 bits per heavy atom. The van der Waals surface area contributed by atoms with Gasteiger partial charge in [0.05, 0.1) is 0 Å². The van der Waals surface area contributed by atoms with E-state index in [1.165, 1.54) is 0 Å². The molecule has 0 aromatic carbocycles. The summed E-state index contributed by atoms with van der Waals surface area (Å²) >= 11 is 0. The molecule has 0 saturated carbocycles. The van der Waals surface area contributed by atoms with Crippen molar-refractivity contribution < 1.29 is 19.2 Å². The van der Waals surface area contributed by atoms with E-state index in [0.29, 0.717) is 43.9 Å². The first-order valence-electron chi connectivity index (χ1n) is 7.49. The van der Waals surface area contributed by atoms with Crippen molar-refractivity contribution in [2.45, 2.75) is 58.3 Å². The van der Waals surface area contributed by atoms with E-state index in [1.807, 2.05) is 20.8 Å². The number of amides is 1. The van der Waals surface area contributed by atoms with Crippen LogP contribution in [0, 0.1) is 0 Å². The summed E-state index contributed by atoms with van der Waals surface area (Å²) in [6, 6.07) is 0. The van der Waals surface area contributed by atoms with Crippen molar-refractivity contribution in [3.8, 4) is 0 Å². The van der Waals surface area contributed by atoms with Crippen LogP contribution in [0.5, 0.6) is 0 Å². The minimum Gasteiger partial charge on any atom is -0.481 e. The van der Waals surface area contributed by atoms with Crippen LogP contribution in [-0.4, -0.2) is 45.6 Å². The molecule has 0 aliphatic heterocycles. The highest BCUT2D eigenvalue weighted by Crippen LogP contribution is 2.18. The molecular formula is C15H25N3O4.